The van der Waals surface area contributed by atoms with Gasteiger partial charge in [0.1, 0.15) is 19.0 Å². The van der Waals surface area contributed by atoms with Crippen molar-refractivity contribution in [2.75, 3.05) is 20.3 Å². The predicted molar refractivity (Wildman–Crippen MR) is 92.5 cm³/mol. The second kappa shape index (κ2) is 7.18. The third-order valence-electron chi connectivity index (χ3n) is 3.89. The van der Waals surface area contributed by atoms with E-state index < -0.39 is 11.9 Å². The Morgan fingerprint density at radius 2 is 1.38 bits per heavy atom. The highest BCUT2D eigenvalue weighted by molar-refractivity contribution is 6.36. The van der Waals surface area contributed by atoms with Crippen LogP contribution in [0.5, 0.6) is 17.2 Å². The Hall–Kier alpha value is -3.48. The van der Waals surface area contributed by atoms with Crippen LogP contribution in [0.4, 0.5) is 0 Å². The van der Waals surface area contributed by atoms with Gasteiger partial charge in [0.15, 0.2) is 11.5 Å². The van der Waals surface area contributed by atoms with Gasteiger partial charge in [0, 0.05) is 0 Å². The average Bonchev–Trinajstić information content (AvgIpc) is 2.65. The quantitative estimate of drug-likeness (QED) is 0.627. The summed E-state index contributed by atoms with van der Waals surface area (Å²) in [4.78, 5) is 23.7. The summed E-state index contributed by atoms with van der Waals surface area (Å²) in [5.74, 6) is -1.29. The van der Waals surface area contributed by atoms with Crippen LogP contribution in [0.15, 0.2) is 42.5 Å². The molecule has 1 heterocycles. The van der Waals surface area contributed by atoms with Gasteiger partial charge < -0.3 is 24.4 Å². The van der Waals surface area contributed by atoms with Gasteiger partial charge in [0.05, 0.1) is 18.3 Å². The van der Waals surface area contributed by atoms with Crippen LogP contribution in [0.25, 0.3) is 11.1 Å². The number of rotatable bonds is 5. The molecule has 7 nitrogen and oxygen atoms in total. The molecular weight excluding hydrogens is 340 g/mol. The number of methoxy groups -OCH3 is 1. The molecule has 0 fully saturated rings. The van der Waals surface area contributed by atoms with Crippen molar-refractivity contribution >= 4 is 23.1 Å². The standard InChI is InChI=1S/C19H16O7/c1-24-13-5-2-11(3-6-13)16(18(20)21)17(19(22)23)12-4-7-14-15(10-12)26-9-8-25-14/h2-7,10H,8-9H2,1H3,(H,20,21)(H,22,23)/b17-16-. The summed E-state index contributed by atoms with van der Waals surface area (Å²) < 4.78 is 15.9. The summed E-state index contributed by atoms with van der Waals surface area (Å²) in [6.45, 7) is 0.743. The van der Waals surface area contributed by atoms with Gasteiger partial charge in [-0.3, -0.25) is 0 Å². The molecule has 0 aliphatic carbocycles. The zero-order valence-corrected chi connectivity index (χ0v) is 13.9. The molecule has 2 aromatic rings. The summed E-state index contributed by atoms with van der Waals surface area (Å²) in [6, 6.07) is 10.7. The molecule has 0 amide bonds. The lowest BCUT2D eigenvalue weighted by Crippen LogP contribution is -2.16. The first kappa shape index (κ1) is 17.3. The molecule has 0 bridgehead atoms. The van der Waals surface area contributed by atoms with Gasteiger partial charge in [0.2, 0.25) is 0 Å². The first-order valence-electron chi connectivity index (χ1n) is 7.76. The van der Waals surface area contributed by atoms with E-state index in [9.17, 15) is 19.8 Å². The van der Waals surface area contributed by atoms with Crippen molar-refractivity contribution in [3.05, 3.63) is 53.6 Å². The SMILES string of the molecule is COc1ccc(/C(C(=O)O)=C(/C(=O)O)c2ccc3c(c2)OCCO3)cc1. The van der Waals surface area contributed by atoms with Gasteiger partial charge in [-0.25, -0.2) is 9.59 Å². The van der Waals surface area contributed by atoms with Crippen molar-refractivity contribution in [1.29, 1.82) is 0 Å². The van der Waals surface area contributed by atoms with E-state index in [4.69, 9.17) is 14.2 Å². The largest absolute Gasteiger partial charge is 0.497 e. The predicted octanol–water partition coefficient (Wildman–Crippen LogP) is 2.55. The number of hydrogen-bond acceptors (Lipinski definition) is 5. The molecule has 0 unspecified atom stereocenters. The number of carboxylic acids is 2. The monoisotopic (exact) mass is 356 g/mol. The summed E-state index contributed by atoms with van der Waals surface area (Å²) in [5, 5.41) is 19.4. The second-order valence-electron chi connectivity index (χ2n) is 5.45. The Bertz CT molecular complexity index is 881. The Balaban J connectivity index is 2.18. The van der Waals surface area contributed by atoms with E-state index in [0.29, 0.717) is 30.5 Å². The normalized spacial score (nSPS) is 13.6. The van der Waals surface area contributed by atoms with E-state index in [0.717, 1.165) is 0 Å². The summed E-state index contributed by atoms with van der Waals surface area (Å²) in [5.41, 5.74) is -0.183. The summed E-state index contributed by atoms with van der Waals surface area (Å²) in [7, 11) is 1.49. The van der Waals surface area contributed by atoms with Gasteiger partial charge in [0.25, 0.3) is 0 Å². The lowest BCUT2D eigenvalue weighted by Gasteiger charge is -2.19. The highest BCUT2D eigenvalue weighted by Crippen LogP contribution is 2.35. The highest BCUT2D eigenvalue weighted by atomic mass is 16.6. The number of carbonyl (C=O) groups is 2. The molecule has 0 atom stereocenters. The van der Waals surface area contributed by atoms with Crippen molar-refractivity contribution < 1.29 is 34.0 Å². The fraction of sp³-hybridized carbons (Fsp3) is 0.158. The van der Waals surface area contributed by atoms with Gasteiger partial charge in [-0.1, -0.05) is 18.2 Å². The molecule has 0 spiro atoms. The van der Waals surface area contributed by atoms with Crippen LogP contribution in [0, 0.1) is 0 Å². The third-order valence-corrected chi connectivity index (χ3v) is 3.89. The molecule has 0 saturated carbocycles. The first-order valence-corrected chi connectivity index (χ1v) is 7.76. The van der Waals surface area contributed by atoms with E-state index in [1.165, 1.54) is 31.4 Å². The van der Waals surface area contributed by atoms with Crippen LogP contribution in [0.2, 0.25) is 0 Å². The molecule has 7 heteroatoms. The fourth-order valence-corrected chi connectivity index (χ4v) is 2.71. The second-order valence-corrected chi connectivity index (χ2v) is 5.45. The van der Waals surface area contributed by atoms with Crippen molar-refractivity contribution in [1.82, 2.24) is 0 Å². The van der Waals surface area contributed by atoms with Gasteiger partial charge in [-0.15, -0.1) is 0 Å². The lowest BCUT2D eigenvalue weighted by molar-refractivity contribution is -0.132. The van der Waals surface area contributed by atoms with Crippen LogP contribution in [0.1, 0.15) is 11.1 Å². The number of carboxylic acid groups (broad SMARTS) is 2. The molecule has 2 N–H and O–H groups in total. The molecule has 0 aromatic heterocycles. The highest BCUT2D eigenvalue weighted by Gasteiger charge is 2.25. The Labute approximate surface area is 149 Å². The van der Waals surface area contributed by atoms with Gasteiger partial charge >= 0.3 is 11.9 Å². The topological polar surface area (TPSA) is 102 Å². The van der Waals surface area contributed by atoms with E-state index in [-0.39, 0.29) is 22.3 Å². The first-order chi connectivity index (χ1) is 12.5. The fourth-order valence-electron chi connectivity index (χ4n) is 2.71. The zero-order valence-electron chi connectivity index (χ0n) is 13.9. The van der Waals surface area contributed by atoms with Gasteiger partial charge in [-0.2, -0.15) is 0 Å². The number of ether oxygens (including phenoxy) is 3. The van der Waals surface area contributed by atoms with Crippen molar-refractivity contribution in [3.63, 3.8) is 0 Å². The van der Waals surface area contributed by atoms with Crippen LogP contribution in [-0.2, 0) is 9.59 Å². The maximum absolute atomic E-state index is 11.9. The van der Waals surface area contributed by atoms with Crippen LogP contribution >= 0.6 is 0 Å². The minimum absolute atomic E-state index is 0.218. The Morgan fingerprint density at radius 3 is 1.96 bits per heavy atom. The van der Waals surface area contributed by atoms with Crippen LogP contribution in [0.3, 0.4) is 0 Å². The molecule has 26 heavy (non-hydrogen) atoms. The maximum atomic E-state index is 11.9. The number of fused-ring (bicyclic) bond motifs is 1. The van der Waals surface area contributed by atoms with E-state index in [1.807, 2.05) is 0 Å². The van der Waals surface area contributed by atoms with Crippen molar-refractivity contribution in [2.45, 2.75) is 0 Å². The Morgan fingerprint density at radius 1 is 0.846 bits per heavy atom. The molecule has 0 radical (unpaired) electrons. The van der Waals surface area contributed by atoms with Gasteiger partial charge in [-0.05, 0) is 35.4 Å². The average molecular weight is 356 g/mol. The summed E-state index contributed by atoms with van der Waals surface area (Å²) in [6.07, 6.45) is 0. The molecular formula is C19H16O7. The van der Waals surface area contributed by atoms with Crippen molar-refractivity contribution in [3.8, 4) is 17.2 Å². The molecule has 3 rings (SSSR count). The lowest BCUT2D eigenvalue weighted by atomic mass is 9.94. The minimum atomic E-state index is -1.35. The van der Waals surface area contributed by atoms with E-state index in [2.05, 4.69) is 0 Å². The zero-order chi connectivity index (χ0) is 18.7. The van der Waals surface area contributed by atoms with E-state index >= 15 is 0 Å². The molecule has 2 aromatic carbocycles. The molecule has 1 aliphatic rings. The molecule has 1 aliphatic heterocycles. The Kier molecular flexibility index (Phi) is 4.79. The van der Waals surface area contributed by atoms with Crippen LogP contribution < -0.4 is 14.2 Å². The minimum Gasteiger partial charge on any atom is -0.497 e. The van der Waals surface area contributed by atoms with Crippen LogP contribution in [-0.4, -0.2) is 42.5 Å². The summed E-state index contributed by atoms with van der Waals surface area (Å²) >= 11 is 0. The third kappa shape index (κ3) is 3.32. The maximum Gasteiger partial charge on any atom is 0.337 e. The van der Waals surface area contributed by atoms with Crippen molar-refractivity contribution in [2.24, 2.45) is 0 Å². The molecule has 0 saturated heterocycles. The number of hydrogen-bond donors (Lipinski definition) is 2. The number of aliphatic carboxylic acids is 2. The van der Waals surface area contributed by atoms with E-state index in [1.54, 1.807) is 18.2 Å². The number of benzene rings is 2. The molecule has 134 valence electrons. The smallest absolute Gasteiger partial charge is 0.337 e.